The van der Waals surface area contributed by atoms with E-state index in [1.165, 1.54) is 5.56 Å². The van der Waals surface area contributed by atoms with Crippen molar-refractivity contribution < 1.29 is 14.3 Å². The van der Waals surface area contributed by atoms with Crippen molar-refractivity contribution in [1.29, 1.82) is 0 Å². The van der Waals surface area contributed by atoms with Crippen LogP contribution in [0.3, 0.4) is 0 Å². The molecule has 0 aliphatic rings. The summed E-state index contributed by atoms with van der Waals surface area (Å²) in [5.74, 6) is 1.24. The molecule has 1 N–H and O–H groups in total. The van der Waals surface area contributed by atoms with Gasteiger partial charge in [-0.25, -0.2) is 0 Å². The first-order valence-electron chi connectivity index (χ1n) is 9.22. The Bertz CT molecular complexity index is 798. The Hall–Kier alpha value is -2.49. The van der Waals surface area contributed by atoms with E-state index < -0.39 is 0 Å². The van der Waals surface area contributed by atoms with Crippen LogP contribution in [0, 0.1) is 0 Å². The summed E-state index contributed by atoms with van der Waals surface area (Å²) in [5, 5.41) is 2.84. The number of ether oxygens (including phenoxy) is 2. The van der Waals surface area contributed by atoms with Crippen LogP contribution >= 0.6 is 0 Å². The normalized spacial score (nSPS) is 11.8. The van der Waals surface area contributed by atoms with E-state index in [0.717, 1.165) is 11.3 Å². The second kappa shape index (κ2) is 8.03. The first kappa shape index (κ1) is 20.8. The summed E-state index contributed by atoms with van der Waals surface area (Å²) in [6, 6.07) is 13.5. The van der Waals surface area contributed by atoms with Gasteiger partial charge >= 0.3 is 0 Å². The van der Waals surface area contributed by atoms with E-state index in [2.05, 4.69) is 59.0 Å². The van der Waals surface area contributed by atoms with E-state index in [4.69, 9.17) is 9.47 Å². The van der Waals surface area contributed by atoms with E-state index in [0.29, 0.717) is 11.4 Å². The van der Waals surface area contributed by atoms with E-state index >= 15 is 0 Å². The van der Waals surface area contributed by atoms with Crippen molar-refractivity contribution in [2.45, 2.75) is 52.4 Å². The Morgan fingerprint density at radius 1 is 0.963 bits per heavy atom. The number of carbonyl (C=O) groups excluding carboxylic acids is 1. The lowest BCUT2D eigenvalue weighted by Crippen LogP contribution is -2.22. The second-order valence-electron chi connectivity index (χ2n) is 8.78. The van der Waals surface area contributed by atoms with Crippen molar-refractivity contribution >= 4 is 11.6 Å². The molecule has 0 aliphatic carbocycles. The van der Waals surface area contributed by atoms with Crippen molar-refractivity contribution in [3.05, 3.63) is 53.6 Å². The molecule has 0 radical (unpaired) electrons. The molecule has 0 unspecified atom stereocenters. The molecule has 2 aromatic carbocycles. The number of rotatable bonds is 5. The minimum Gasteiger partial charge on any atom is -0.497 e. The van der Waals surface area contributed by atoms with Crippen LogP contribution in [0.4, 0.5) is 5.69 Å². The predicted octanol–water partition coefficient (Wildman–Crippen LogP) is 5.31. The highest BCUT2D eigenvalue weighted by atomic mass is 16.5. The molecular weight excluding hydrogens is 338 g/mol. The average molecular weight is 370 g/mol. The molecule has 146 valence electrons. The standard InChI is InChI=1S/C23H31NO3/c1-22(2,3)16-11-12-20(19(13-16)23(4,5)6)27-15-21(25)24-17-9-8-10-18(14-17)26-7/h8-14H,15H2,1-7H3,(H,24,25). The second-order valence-corrected chi connectivity index (χ2v) is 8.78. The first-order valence-corrected chi connectivity index (χ1v) is 9.22. The van der Waals surface area contributed by atoms with Gasteiger partial charge in [0.05, 0.1) is 7.11 Å². The molecule has 27 heavy (non-hydrogen) atoms. The van der Waals surface area contributed by atoms with Crippen LogP contribution in [-0.2, 0) is 15.6 Å². The molecule has 4 heteroatoms. The smallest absolute Gasteiger partial charge is 0.262 e. The van der Waals surface area contributed by atoms with Crippen molar-refractivity contribution in [1.82, 2.24) is 0 Å². The summed E-state index contributed by atoms with van der Waals surface area (Å²) >= 11 is 0. The Labute approximate surface area is 162 Å². The van der Waals surface area contributed by atoms with Crippen molar-refractivity contribution in [2.75, 3.05) is 19.0 Å². The lowest BCUT2D eigenvalue weighted by atomic mass is 9.80. The van der Waals surface area contributed by atoms with E-state index in [-0.39, 0.29) is 23.3 Å². The van der Waals surface area contributed by atoms with Gasteiger partial charge in [0.2, 0.25) is 0 Å². The van der Waals surface area contributed by atoms with Crippen molar-refractivity contribution in [3.8, 4) is 11.5 Å². The van der Waals surface area contributed by atoms with Gasteiger partial charge in [-0.2, -0.15) is 0 Å². The molecule has 0 atom stereocenters. The predicted molar refractivity (Wildman–Crippen MR) is 111 cm³/mol. The highest BCUT2D eigenvalue weighted by Crippen LogP contribution is 2.35. The number of nitrogens with one attached hydrogen (secondary N) is 1. The molecule has 0 heterocycles. The zero-order valence-corrected chi connectivity index (χ0v) is 17.5. The van der Waals surface area contributed by atoms with Crippen LogP contribution in [0.2, 0.25) is 0 Å². The maximum Gasteiger partial charge on any atom is 0.262 e. The highest BCUT2D eigenvalue weighted by molar-refractivity contribution is 5.92. The number of methoxy groups -OCH3 is 1. The number of hydrogen-bond donors (Lipinski definition) is 1. The molecule has 2 aromatic rings. The minimum absolute atomic E-state index is 0.0465. The molecule has 0 spiro atoms. The summed E-state index contributed by atoms with van der Waals surface area (Å²) in [5.41, 5.74) is 3.01. The van der Waals surface area contributed by atoms with Crippen molar-refractivity contribution in [2.24, 2.45) is 0 Å². The lowest BCUT2D eigenvalue weighted by Gasteiger charge is -2.27. The van der Waals surface area contributed by atoms with E-state index in [9.17, 15) is 4.79 Å². The van der Waals surface area contributed by atoms with Crippen LogP contribution in [-0.4, -0.2) is 19.6 Å². The molecular formula is C23H31NO3. The molecule has 0 saturated heterocycles. The maximum absolute atomic E-state index is 12.3. The summed E-state index contributed by atoms with van der Waals surface area (Å²) < 4.78 is 11.1. The third-order valence-corrected chi connectivity index (χ3v) is 4.37. The van der Waals surface area contributed by atoms with Gasteiger partial charge in [-0.1, -0.05) is 59.7 Å². The van der Waals surface area contributed by atoms with Crippen LogP contribution in [0.1, 0.15) is 52.7 Å². The van der Waals surface area contributed by atoms with Gasteiger partial charge in [-0.05, 0) is 40.2 Å². The fourth-order valence-electron chi connectivity index (χ4n) is 2.75. The van der Waals surface area contributed by atoms with Gasteiger partial charge in [-0.15, -0.1) is 0 Å². The Morgan fingerprint density at radius 3 is 2.26 bits per heavy atom. The molecule has 0 bridgehead atoms. The summed E-state index contributed by atoms with van der Waals surface area (Å²) in [7, 11) is 1.60. The highest BCUT2D eigenvalue weighted by Gasteiger charge is 2.23. The van der Waals surface area contributed by atoms with Gasteiger partial charge in [0, 0.05) is 11.8 Å². The number of anilines is 1. The largest absolute Gasteiger partial charge is 0.497 e. The summed E-state index contributed by atoms with van der Waals surface area (Å²) in [6.45, 7) is 13.0. The quantitative estimate of drug-likeness (QED) is 0.777. The third-order valence-electron chi connectivity index (χ3n) is 4.37. The first-order chi connectivity index (χ1) is 12.5. The molecule has 4 nitrogen and oxygen atoms in total. The molecule has 1 amide bonds. The third kappa shape index (κ3) is 5.75. The fraction of sp³-hybridized carbons (Fsp3) is 0.435. The maximum atomic E-state index is 12.3. The van der Waals surface area contributed by atoms with Crippen LogP contribution in [0.15, 0.2) is 42.5 Å². The van der Waals surface area contributed by atoms with Crippen LogP contribution < -0.4 is 14.8 Å². The van der Waals surface area contributed by atoms with Crippen LogP contribution in [0.25, 0.3) is 0 Å². The SMILES string of the molecule is COc1cccc(NC(=O)COc2ccc(C(C)(C)C)cc2C(C)(C)C)c1. The average Bonchev–Trinajstić information content (AvgIpc) is 2.58. The zero-order chi connectivity index (χ0) is 20.2. The Morgan fingerprint density at radius 2 is 1.67 bits per heavy atom. The van der Waals surface area contributed by atoms with Gasteiger partial charge in [-0.3, -0.25) is 4.79 Å². The van der Waals surface area contributed by atoms with Gasteiger partial charge < -0.3 is 14.8 Å². The molecule has 0 saturated carbocycles. The van der Waals surface area contributed by atoms with E-state index in [1.54, 1.807) is 13.2 Å². The Kier molecular flexibility index (Phi) is 6.19. The van der Waals surface area contributed by atoms with Crippen molar-refractivity contribution in [3.63, 3.8) is 0 Å². The number of carbonyl (C=O) groups is 1. The number of hydrogen-bond acceptors (Lipinski definition) is 3. The molecule has 0 aliphatic heterocycles. The summed E-state index contributed by atoms with van der Waals surface area (Å²) in [4.78, 5) is 12.3. The molecule has 2 rings (SSSR count). The van der Waals surface area contributed by atoms with Crippen LogP contribution in [0.5, 0.6) is 11.5 Å². The summed E-state index contributed by atoms with van der Waals surface area (Å²) in [6.07, 6.45) is 0. The molecule has 0 fully saturated rings. The zero-order valence-electron chi connectivity index (χ0n) is 17.5. The monoisotopic (exact) mass is 369 g/mol. The Balaban J connectivity index is 2.13. The molecule has 0 aromatic heterocycles. The van der Waals surface area contributed by atoms with Gasteiger partial charge in [0.25, 0.3) is 5.91 Å². The number of benzene rings is 2. The fourth-order valence-corrected chi connectivity index (χ4v) is 2.75. The topological polar surface area (TPSA) is 47.6 Å². The van der Waals surface area contributed by atoms with Gasteiger partial charge in [0.15, 0.2) is 6.61 Å². The lowest BCUT2D eigenvalue weighted by molar-refractivity contribution is -0.118. The minimum atomic E-state index is -0.206. The van der Waals surface area contributed by atoms with Gasteiger partial charge in [0.1, 0.15) is 11.5 Å². The van der Waals surface area contributed by atoms with E-state index in [1.807, 2.05) is 24.3 Å². The number of amides is 1.